The summed E-state index contributed by atoms with van der Waals surface area (Å²) >= 11 is 0. The van der Waals surface area contributed by atoms with Gasteiger partial charge in [-0.2, -0.15) is 8.42 Å². The molecule has 2 aromatic heterocycles. The molecule has 11 heteroatoms. The predicted molar refractivity (Wildman–Crippen MR) is 197 cm³/mol. The van der Waals surface area contributed by atoms with Gasteiger partial charge in [0.15, 0.2) is 0 Å². The fraction of sp³-hybridized carbons (Fsp3) is 0.450. The van der Waals surface area contributed by atoms with Crippen LogP contribution in [0.15, 0.2) is 86.2 Å². The first kappa shape index (κ1) is 34.2. The van der Waals surface area contributed by atoms with Crippen molar-refractivity contribution in [1.82, 2.24) is 19.8 Å². The molecule has 6 aliphatic heterocycles. The Hall–Kier alpha value is -3.87. The van der Waals surface area contributed by atoms with Crippen molar-refractivity contribution in [3.05, 3.63) is 97.4 Å². The van der Waals surface area contributed by atoms with Crippen LogP contribution in [0.25, 0.3) is 21.8 Å². The van der Waals surface area contributed by atoms with Gasteiger partial charge in [0.2, 0.25) is 0 Å². The van der Waals surface area contributed by atoms with Crippen LogP contribution in [0.3, 0.4) is 0 Å². The van der Waals surface area contributed by atoms with E-state index >= 15 is 0 Å². The zero-order valence-corrected chi connectivity index (χ0v) is 30.1. The molecular formula is C40H46N4O6S. The fourth-order valence-corrected chi connectivity index (χ4v) is 10.4. The van der Waals surface area contributed by atoms with Crippen LogP contribution in [0.1, 0.15) is 49.0 Å². The number of nitrogens with zero attached hydrogens (tertiary/aromatic N) is 4. The Morgan fingerprint density at radius 3 is 1.55 bits per heavy atom. The van der Waals surface area contributed by atoms with E-state index in [1.807, 2.05) is 60.7 Å². The van der Waals surface area contributed by atoms with Crippen molar-refractivity contribution in [1.29, 1.82) is 0 Å². The van der Waals surface area contributed by atoms with Gasteiger partial charge in [-0.25, -0.2) is 8.37 Å². The first-order valence-corrected chi connectivity index (χ1v) is 19.3. The molecular weight excluding hydrogens is 665 g/mol. The number of aromatic nitrogens is 2. The van der Waals surface area contributed by atoms with Crippen LogP contribution in [0, 0.1) is 23.7 Å². The first-order chi connectivity index (χ1) is 24.8. The molecule has 4 aromatic rings. The van der Waals surface area contributed by atoms with Gasteiger partial charge in [-0.1, -0.05) is 12.2 Å². The van der Waals surface area contributed by atoms with Crippen molar-refractivity contribution in [2.75, 3.05) is 40.4 Å². The maximum absolute atomic E-state index is 14.7. The first-order valence-electron chi connectivity index (χ1n) is 18.0. The van der Waals surface area contributed by atoms with E-state index in [-0.39, 0.29) is 12.1 Å². The van der Waals surface area contributed by atoms with Crippen LogP contribution in [0.2, 0.25) is 0 Å². The highest BCUT2D eigenvalue weighted by molar-refractivity contribution is 7.81. The third kappa shape index (κ3) is 6.44. The number of hydrogen-bond acceptors (Lipinski definition) is 10. The smallest absolute Gasteiger partial charge is 0.401 e. The van der Waals surface area contributed by atoms with Gasteiger partial charge >= 0.3 is 10.4 Å². The largest absolute Gasteiger partial charge is 0.497 e. The van der Waals surface area contributed by atoms with Gasteiger partial charge in [0.05, 0.1) is 25.3 Å². The lowest BCUT2D eigenvalue weighted by Crippen LogP contribution is -2.56. The minimum absolute atomic E-state index is 0.192. The van der Waals surface area contributed by atoms with Crippen molar-refractivity contribution in [2.45, 2.75) is 50.0 Å². The fourth-order valence-electron chi connectivity index (χ4n) is 9.35. The summed E-state index contributed by atoms with van der Waals surface area (Å²) in [5.41, 5.74) is 2.95. The summed E-state index contributed by atoms with van der Waals surface area (Å²) in [7, 11) is -1.37. The van der Waals surface area contributed by atoms with Gasteiger partial charge in [-0.3, -0.25) is 19.8 Å². The van der Waals surface area contributed by atoms with Gasteiger partial charge in [-0.05, 0) is 122 Å². The van der Waals surface area contributed by atoms with Crippen molar-refractivity contribution in [3.8, 4) is 11.5 Å². The van der Waals surface area contributed by atoms with E-state index in [0.717, 1.165) is 84.8 Å². The lowest BCUT2D eigenvalue weighted by molar-refractivity contribution is -0.0537. The highest BCUT2D eigenvalue weighted by Gasteiger charge is 2.48. The molecule has 0 N–H and O–H groups in total. The number of ether oxygens (including phenoxy) is 2. The molecule has 2 unspecified atom stereocenters. The van der Waals surface area contributed by atoms with Crippen LogP contribution in [0.5, 0.6) is 11.5 Å². The van der Waals surface area contributed by atoms with E-state index in [2.05, 4.69) is 32.9 Å². The van der Waals surface area contributed by atoms with Crippen LogP contribution in [-0.2, 0) is 18.8 Å². The van der Waals surface area contributed by atoms with E-state index in [4.69, 9.17) is 17.8 Å². The van der Waals surface area contributed by atoms with E-state index in [0.29, 0.717) is 35.2 Å². The third-order valence-electron chi connectivity index (χ3n) is 12.0. The second-order valence-corrected chi connectivity index (χ2v) is 15.7. The normalized spacial score (nSPS) is 29.8. The van der Waals surface area contributed by atoms with Crippen molar-refractivity contribution in [2.24, 2.45) is 23.7 Å². The number of fused-ring (bicyclic) bond motifs is 8. The minimum atomic E-state index is -4.61. The zero-order chi connectivity index (χ0) is 35.3. The molecule has 10 nitrogen and oxygen atoms in total. The number of benzene rings is 2. The summed E-state index contributed by atoms with van der Waals surface area (Å²) in [6, 6.07) is 14.7. The molecule has 0 radical (unpaired) electrons. The number of methoxy groups -OCH3 is 2. The Balaban J connectivity index is 1.21. The average Bonchev–Trinajstić information content (AvgIpc) is 3.18. The molecule has 6 aliphatic rings. The van der Waals surface area contributed by atoms with E-state index < -0.39 is 22.6 Å². The number of piperidine rings is 6. The van der Waals surface area contributed by atoms with Crippen molar-refractivity contribution < 1.29 is 26.3 Å². The molecule has 0 saturated carbocycles. The molecule has 0 aliphatic carbocycles. The Morgan fingerprint density at radius 2 is 1.18 bits per heavy atom. The quantitative estimate of drug-likeness (QED) is 0.149. The number of pyridine rings is 2. The molecule has 2 aromatic carbocycles. The molecule has 10 atom stereocenters. The van der Waals surface area contributed by atoms with E-state index in [1.165, 1.54) is 0 Å². The molecule has 0 spiro atoms. The molecule has 268 valence electrons. The van der Waals surface area contributed by atoms with Crippen LogP contribution >= 0.6 is 0 Å². The molecule has 4 bridgehead atoms. The zero-order valence-electron chi connectivity index (χ0n) is 29.3. The summed E-state index contributed by atoms with van der Waals surface area (Å²) in [5, 5.41) is 1.57. The Morgan fingerprint density at radius 1 is 0.725 bits per heavy atom. The monoisotopic (exact) mass is 710 g/mol. The summed E-state index contributed by atoms with van der Waals surface area (Å²) in [5.74, 6) is 2.81. The summed E-state index contributed by atoms with van der Waals surface area (Å²) in [4.78, 5) is 13.9. The maximum atomic E-state index is 14.7. The molecule has 6 fully saturated rings. The topological polar surface area (TPSA) is 103 Å². The standard InChI is InChI=1S/C40H46N4O6S/c1-5-25-23-43-17-13-27(25)19-37(43)39(31-11-15-41-35-9-7-29(47-3)21-33(31)35)49-51(45,46)50-40(38-20-28-14-18-44(38)24-26(28)6-2)32-12-16-42-36-10-8-30(48-4)22-34(32)36/h5-12,15-16,21-22,25-28,37-40H,1-2,13-14,17-20,23-24H2,3-4H3/t25-,26-,27-,28-,37-,38-,39+,40+/m0/s1. The van der Waals surface area contributed by atoms with Crippen LogP contribution in [0.4, 0.5) is 0 Å². The maximum Gasteiger partial charge on any atom is 0.401 e. The lowest BCUT2D eigenvalue weighted by atomic mass is 9.73. The van der Waals surface area contributed by atoms with Crippen molar-refractivity contribution >= 4 is 32.2 Å². The van der Waals surface area contributed by atoms with Gasteiger partial charge in [0, 0.05) is 48.3 Å². The number of hydrogen-bond donors (Lipinski definition) is 0. The van der Waals surface area contributed by atoms with Gasteiger partial charge < -0.3 is 9.47 Å². The highest BCUT2D eigenvalue weighted by Crippen LogP contribution is 2.47. The molecule has 51 heavy (non-hydrogen) atoms. The molecule has 10 rings (SSSR count). The average molecular weight is 711 g/mol. The molecule has 0 amide bonds. The Labute approximate surface area is 300 Å². The second kappa shape index (κ2) is 13.9. The number of rotatable bonds is 12. The Bertz CT molecular complexity index is 1920. The van der Waals surface area contributed by atoms with Gasteiger partial charge in [0.1, 0.15) is 23.7 Å². The summed E-state index contributed by atoms with van der Waals surface area (Å²) in [6.07, 6.45) is 9.48. The lowest BCUT2D eigenvalue weighted by Gasteiger charge is -2.51. The Kier molecular flexibility index (Phi) is 9.35. The SMILES string of the molecule is C=C[C@H]1CN2CC[C@H]1C[C@H]2[C@H](OS(=O)(=O)O[C@H](c1ccnc2ccc(OC)cc12)[C@@H]1C[C@@H]2CCN1C[C@@H]2C=C)c1ccnc2ccc(OC)cc12. The van der Waals surface area contributed by atoms with Crippen LogP contribution < -0.4 is 9.47 Å². The van der Waals surface area contributed by atoms with E-state index in [1.54, 1.807) is 26.6 Å². The third-order valence-corrected chi connectivity index (χ3v) is 12.9. The predicted octanol–water partition coefficient (Wildman–Crippen LogP) is 6.65. The highest BCUT2D eigenvalue weighted by atomic mass is 32.3. The van der Waals surface area contributed by atoms with Crippen LogP contribution in [-0.4, -0.2) is 80.7 Å². The van der Waals surface area contributed by atoms with Gasteiger partial charge in [0.25, 0.3) is 0 Å². The van der Waals surface area contributed by atoms with E-state index in [9.17, 15) is 8.42 Å². The minimum Gasteiger partial charge on any atom is -0.497 e. The summed E-state index contributed by atoms with van der Waals surface area (Å²) < 4.78 is 53.3. The second-order valence-electron chi connectivity index (χ2n) is 14.5. The molecule has 6 saturated heterocycles. The van der Waals surface area contributed by atoms with Gasteiger partial charge in [-0.15, -0.1) is 13.2 Å². The van der Waals surface area contributed by atoms with Crippen molar-refractivity contribution in [3.63, 3.8) is 0 Å². The molecule has 8 heterocycles. The summed E-state index contributed by atoms with van der Waals surface area (Å²) in [6.45, 7) is 11.5.